The summed E-state index contributed by atoms with van der Waals surface area (Å²) in [5.41, 5.74) is 2.26. The van der Waals surface area contributed by atoms with Gasteiger partial charge < -0.3 is 10.2 Å². The van der Waals surface area contributed by atoms with Crippen molar-refractivity contribution in [3.8, 4) is 0 Å². The first-order valence-corrected chi connectivity index (χ1v) is 8.45. The van der Waals surface area contributed by atoms with Crippen LogP contribution in [-0.4, -0.2) is 26.5 Å². The molecule has 0 bridgehead atoms. The monoisotopic (exact) mass is 332 g/mol. The van der Waals surface area contributed by atoms with E-state index in [0.717, 1.165) is 42.7 Å². The SMILES string of the molecule is Cc1nc(NCc2ccccc2)cc([C@H]2CCN2c2ccncn2)n1. The predicted octanol–water partition coefficient (Wildman–Crippen LogP) is 3.14. The molecule has 25 heavy (non-hydrogen) atoms. The highest BCUT2D eigenvalue weighted by atomic mass is 15.3. The first kappa shape index (κ1) is 15.5. The van der Waals surface area contributed by atoms with Gasteiger partial charge in [-0.2, -0.15) is 0 Å². The average Bonchev–Trinajstić information content (AvgIpc) is 2.60. The van der Waals surface area contributed by atoms with Gasteiger partial charge in [0.1, 0.15) is 23.8 Å². The molecular formula is C19H20N6. The molecule has 126 valence electrons. The molecule has 6 heteroatoms. The van der Waals surface area contributed by atoms with Gasteiger partial charge in [0.25, 0.3) is 0 Å². The molecule has 0 amide bonds. The molecule has 0 saturated carbocycles. The largest absolute Gasteiger partial charge is 0.366 e. The summed E-state index contributed by atoms with van der Waals surface area (Å²) in [5, 5.41) is 3.40. The molecule has 0 radical (unpaired) electrons. The van der Waals surface area contributed by atoms with E-state index in [1.54, 1.807) is 12.5 Å². The van der Waals surface area contributed by atoms with Gasteiger partial charge in [-0.3, -0.25) is 0 Å². The van der Waals surface area contributed by atoms with Gasteiger partial charge in [-0.25, -0.2) is 19.9 Å². The molecular weight excluding hydrogens is 312 g/mol. The first-order valence-electron chi connectivity index (χ1n) is 8.45. The topological polar surface area (TPSA) is 66.8 Å². The number of benzene rings is 1. The molecule has 0 spiro atoms. The van der Waals surface area contributed by atoms with Crippen molar-refractivity contribution >= 4 is 11.6 Å². The molecule has 1 atom stereocenters. The number of hydrogen-bond acceptors (Lipinski definition) is 6. The highest BCUT2D eigenvalue weighted by Gasteiger charge is 2.32. The Morgan fingerprint density at radius 1 is 1.16 bits per heavy atom. The molecule has 1 aliphatic rings. The molecule has 1 saturated heterocycles. The molecule has 3 aromatic rings. The van der Waals surface area contributed by atoms with Crippen molar-refractivity contribution in [2.45, 2.75) is 25.9 Å². The van der Waals surface area contributed by atoms with Crippen molar-refractivity contribution in [3.63, 3.8) is 0 Å². The van der Waals surface area contributed by atoms with Crippen LogP contribution in [0.4, 0.5) is 11.6 Å². The number of anilines is 2. The summed E-state index contributed by atoms with van der Waals surface area (Å²) in [6, 6.07) is 14.5. The van der Waals surface area contributed by atoms with E-state index < -0.39 is 0 Å². The molecule has 1 fully saturated rings. The van der Waals surface area contributed by atoms with E-state index in [-0.39, 0.29) is 6.04 Å². The lowest BCUT2D eigenvalue weighted by atomic mass is 9.99. The third kappa shape index (κ3) is 3.42. The van der Waals surface area contributed by atoms with Crippen LogP contribution in [0.2, 0.25) is 0 Å². The highest BCUT2D eigenvalue weighted by Crippen LogP contribution is 2.36. The number of nitrogens with zero attached hydrogens (tertiary/aromatic N) is 5. The van der Waals surface area contributed by atoms with Crippen molar-refractivity contribution in [3.05, 3.63) is 72.1 Å². The molecule has 2 aromatic heterocycles. The van der Waals surface area contributed by atoms with Crippen molar-refractivity contribution < 1.29 is 0 Å². The summed E-state index contributed by atoms with van der Waals surface area (Å²) < 4.78 is 0. The van der Waals surface area contributed by atoms with Gasteiger partial charge in [0, 0.05) is 25.4 Å². The van der Waals surface area contributed by atoms with Crippen LogP contribution in [0.1, 0.15) is 29.5 Å². The molecule has 1 N–H and O–H groups in total. The maximum atomic E-state index is 4.65. The van der Waals surface area contributed by atoms with Gasteiger partial charge in [0.2, 0.25) is 0 Å². The summed E-state index contributed by atoms with van der Waals surface area (Å²) >= 11 is 0. The van der Waals surface area contributed by atoms with E-state index in [2.05, 4.69) is 42.3 Å². The lowest BCUT2D eigenvalue weighted by Crippen LogP contribution is -2.42. The fraction of sp³-hybridized carbons (Fsp3) is 0.263. The van der Waals surface area contributed by atoms with Gasteiger partial charge in [-0.05, 0) is 25.0 Å². The third-order valence-electron chi connectivity index (χ3n) is 4.40. The summed E-state index contributed by atoms with van der Waals surface area (Å²) in [5.74, 6) is 2.59. The minimum Gasteiger partial charge on any atom is -0.366 e. The Bertz CT molecular complexity index is 837. The van der Waals surface area contributed by atoms with Crippen LogP contribution in [0, 0.1) is 6.92 Å². The van der Waals surface area contributed by atoms with Crippen molar-refractivity contribution in [2.75, 3.05) is 16.8 Å². The minimum absolute atomic E-state index is 0.244. The van der Waals surface area contributed by atoms with Crippen molar-refractivity contribution in [1.82, 2.24) is 19.9 Å². The van der Waals surface area contributed by atoms with E-state index in [4.69, 9.17) is 0 Å². The van der Waals surface area contributed by atoms with Crippen molar-refractivity contribution in [1.29, 1.82) is 0 Å². The number of hydrogen-bond donors (Lipinski definition) is 1. The lowest BCUT2D eigenvalue weighted by Gasteiger charge is -2.41. The van der Waals surface area contributed by atoms with Crippen LogP contribution in [0.5, 0.6) is 0 Å². The highest BCUT2D eigenvalue weighted by molar-refractivity contribution is 5.46. The second-order valence-corrected chi connectivity index (χ2v) is 6.13. The Kier molecular flexibility index (Phi) is 4.24. The summed E-state index contributed by atoms with van der Waals surface area (Å²) in [6.45, 7) is 3.67. The lowest BCUT2D eigenvalue weighted by molar-refractivity contribution is 0.449. The molecule has 0 unspecified atom stereocenters. The number of aryl methyl sites for hydroxylation is 1. The third-order valence-corrected chi connectivity index (χ3v) is 4.40. The average molecular weight is 332 g/mol. The quantitative estimate of drug-likeness (QED) is 0.774. The van der Waals surface area contributed by atoms with Gasteiger partial charge in [0.15, 0.2) is 0 Å². The van der Waals surface area contributed by atoms with E-state index in [0.29, 0.717) is 0 Å². The number of nitrogens with one attached hydrogen (secondary N) is 1. The van der Waals surface area contributed by atoms with Crippen molar-refractivity contribution in [2.24, 2.45) is 0 Å². The second-order valence-electron chi connectivity index (χ2n) is 6.13. The van der Waals surface area contributed by atoms with Crippen LogP contribution in [-0.2, 0) is 6.54 Å². The normalized spacial score (nSPS) is 16.4. The van der Waals surface area contributed by atoms with Crippen LogP contribution in [0.3, 0.4) is 0 Å². The van der Waals surface area contributed by atoms with Gasteiger partial charge in [-0.1, -0.05) is 30.3 Å². The molecule has 4 rings (SSSR count). The van der Waals surface area contributed by atoms with Gasteiger partial charge in [-0.15, -0.1) is 0 Å². The van der Waals surface area contributed by atoms with Crippen LogP contribution >= 0.6 is 0 Å². The minimum atomic E-state index is 0.244. The molecule has 6 nitrogen and oxygen atoms in total. The van der Waals surface area contributed by atoms with E-state index in [9.17, 15) is 0 Å². The summed E-state index contributed by atoms with van der Waals surface area (Å²) in [7, 11) is 0. The fourth-order valence-corrected chi connectivity index (χ4v) is 3.06. The van der Waals surface area contributed by atoms with Crippen LogP contribution < -0.4 is 10.2 Å². The van der Waals surface area contributed by atoms with Crippen LogP contribution in [0.25, 0.3) is 0 Å². The number of aromatic nitrogens is 4. The summed E-state index contributed by atoms with van der Waals surface area (Å²) in [4.78, 5) is 19.8. The smallest absolute Gasteiger partial charge is 0.132 e. The standard InChI is InChI=1S/C19H20N6/c1-14-23-16(17-8-10-25(17)19-7-9-20-13-22-19)11-18(24-14)21-12-15-5-3-2-4-6-15/h2-7,9,11,13,17H,8,10,12H2,1H3,(H,21,23,24)/t17-/m1/s1. The Morgan fingerprint density at radius 2 is 2.04 bits per heavy atom. The zero-order valence-electron chi connectivity index (χ0n) is 14.1. The Labute approximate surface area is 147 Å². The zero-order valence-corrected chi connectivity index (χ0v) is 14.1. The maximum Gasteiger partial charge on any atom is 0.132 e. The van der Waals surface area contributed by atoms with E-state index in [1.807, 2.05) is 37.3 Å². The van der Waals surface area contributed by atoms with E-state index in [1.165, 1.54) is 5.56 Å². The first-order chi connectivity index (χ1) is 12.3. The predicted molar refractivity (Wildman–Crippen MR) is 97.3 cm³/mol. The second kappa shape index (κ2) is 6.84. The Balaban J connectivity index is 1.52. The zero-order chi connectivity index (χ0) is 17.1. The maximum absolute atomic E-state index is 4.65. The molecule has 3 heterocycles. The molecule has 0 aliphatic carbocycles. The van der Waals surface area contributed by atoms with E-state index >= 15 is 0 Å². The van der Waals surface area contributed by atoms with Gasteiger partial charge >= 0.3 is 0 Å². The molecule has 1 aromatic carbocycles. The Hall–Kier alpha value is -3.02. The molecule has 1 aliphatic heterocycles. The fourth-order valence-electron chi connectivity index (χ4n) is 3.06. The van der Waals surface area contributed by atoms with Gasteiger partial charge in [0.05, 0.1) is 11.7 Å². The Morgan fingerprint density at radius 3 is 2.76 bits per heavy atom. The summed E-state index contributed by atoms with van der Waals surface area (Å²) in [6.07, 6.45) is 4.43. The van der Waals surface area contributed by atoms with Crippen LogP contribution in [0.15, 0.2) is 55.0 Å². The number of rotatable bonds is 5.